The molecule has 12 nitrogen and oxygen atoms in total. The third kappa shape index (κ3) is 7.54. The lowest BCUT2D eigenvalue weighted by Gasteiger charge is -2.34. The van der Waals surface area contributed by atoms with Gasteiger partial charge >= 0.3 is 12.3 Å². The van der Waals surface area contributed by atoms with Gasteiger partial charge in [-0.05, 0) is 73.5 Å². The molecular weight excluding hydrogens is 722 g/mol. The SMILES string of the molecule is COC(=O)N(C(=O)[C@@H](N)[C@@H](c1ccccc1)c1c[nH]c2ncccc12)[C@H](c1ccc([C@@H](CO)N(C(C)C)S(=O)(=O)c2ccc(N)cc2)s1)C(F)(F)F. The summed E-state index contributed by atoms with van der Waals surface area (Å²) < 4.78 is 78.9. The molecule has 0 bridgehead atoms. The van der Waals surface area contributed by atoms with Gasteiger partial charge in [0.1, 0.15) is 5.65 Å². The van der Waals surface area contributed by atoms with Gasteiger partial charge in [-0.2, -0.15) is 17.5 Å². The Bertz CT molecular complexity index is 2120. The van der Waals surface area contributed by atoms with Crippen LogP contribution in [0.2, 0.25) is 0 Å². The van der Waals surface area contributed by atoms with Gasteiger partial charge in [0, 0.05) is 45.2 Å². The Kier molecular flexibility index (Phi) is 11.4. The summed E-state index contributed by atoms with van der Waals surface area (Å²) in [5.74, 6) is -2.42. The molecule has 5 aromatic rings. The van der Waals surface area contributed by atoms with Crippen LogP contribution in [-0.4, -0.2) is 76.7 Å². The zero-order valence-electron chi connectivity index (χ0n) is 28.2. The quantitative estimate of drug-likeness (QED) is 0.116. The maximum Gasteiger partial charge on any atom is 0.417 e. The molecule has 0 spiro atoms. The van der Waals surface area contributed by atoms with Crippen LogP contribution in [0.3, 0.4) is 0 Å². The molecule has 3 aromatic heterocycles. The second-order valence-corrected chi connectivity index (χ2v) is 15.1. The Labute approximate surface area is 301 Å². The normalized spacial score (nSPS) is 14.7. The molecule has 0 saturated carbocycles. The summed E-state index contributed by atoms with van der Waals surface area (Å²) in [5.41, 5.74) is 14.0. The van der Waals surface area contributed by atoms with E-state index in [1.807, 2.05) is 0 Å². The van der Waals surface area contributed by atoms with Crippen molar-refractivity contribution in [2.75, 3.05) is 19.5 Å². The minimum atomic E-state index is -5.25. The summed E-state index contributed by atoms with van der Waals surface area (Å²) >= 11 is 0.488. The molecule has 3 heterocycles. The van der Waals surface area contributed by atoms with E-state index in [2.05, 4.69) is 9.97 Å². The van der Waals surface area contributed by atoms with Gasteiger partial charge in [0.2, 0.25) is 10.0 Å². The van der Waals surface area contributed by atoms with Crippen molar-refractivity contribution in [1.82, 2.24) is 19.2 Å². The second-order valence-electron chi connectivity index (χ2n) is 12.1. The number of aliphatic hydroxyl groups excluding tert-OH is 1. The number of nitrogens with two attached hydrogens (primary N) is 2. The Hall–Kier alpha value is -4.81. The summed E-state index contributed by atoms with van der Waals surface area (Å²) in [6.07, 6.45) is -3.76. The maximum absolute atomic E-state index is 15.2. The number of rotatable bonds is 12. The molecule has 4 atom stereocenters. The third-order valence-corrected chi connectivity index (χ3v) is 11.8. The van der Waals surface area contributed by atoms with E-state index in [1.54, 1.807) is 68.7 Å². The number of anilines is 1. The van der Waals surface area contributed by atoms with Crippen LogP contribution in [0, 0.1) is 0 Å². The van der Waals surface area contributed by atoms with E-state index in [9.17, 15) is 23.1 Å². The van der Waals surface area contributed by atoms with Crippen molar-refractivity contribution in [2.45, 2.75) is 55.0 Å². The number of aromatic nitrogens is 2. The first-order valence-electron chi connectivity index (χ1n) is 15.9. The summed E-state index contributed by atoms with van der Waals surface area (Å²) in [4.78, 5) is 34.1. The molecule has 2 amide bonds. The van der Waals surface area contributed by atoms with E-state index in [1.165, 1.54) is 30.3 Å². The van der Waals surface area contributed by atoms with Gasteiger partial charge in [-0.25, -0.2) is 23.1 Å². The molecule has 0 aliphatic carbocycles. The van der Waals surface area contributed by atoms with E-state index in [-0.39, 0.29) is 14.7 Å². The van der Waals surface area contributed by atoms with Gasteiger partial charge in [-0.3, -0.25) is 4.79 Å². The van der Waals surface area contributed by atoms with Crippen LogP contribution in [0.1, 0.15) is 52.7 Å². The molecule has 52 heavy (non-hydrogen) atoms. The number of ether oxygens (including phenoxy) is 1. The standard InChI is InChI=1S/C35H37F3N6O6S2/c1-20(2)44(52(48,49)23-13-11-22(39)12-14-23)26(19-45)27-15-16-28(51-27)31(35(36,37)38)43(34(47)50-3)33(46)30(40)29(21-8-5-4-6-9-21)25-18-42-32-24(25)10-7-17-41-32/h4-18,20,26,29-31,45H,19,39-40H2,1-3H3,(H,41,42)/t26-,29+,30+,31-/m1/s1. The fourth-order valence-electron chi connectivity index (χ4n) is 6.19. The number of nitrogen functional groups attached to an aromatic ring is 1. The second kappa shape index (κ2) is 15.4. The number of H-pyrrole nitrogens is 1. The van der Waals surface area contributed by atoms with Crippen molar-refractivity contribution in [1.29, 1.82) is 0 Å². The Morgan fingerprint density at radius 2 is 1.65 bits per heavy atom. The first-order chi connectivity index (χ1) is 24.6. The fourth-order valence-corrected chi connectivity index (χ4v) is 9.27. The summed E-state index contributed by atoms with van der Waals surface area (Å²) in [6.45, 7) is 2.30. The van der Waals surface area contributed by atoms with E-state index < -0.39 is 69.8 Å². The van der Waals surface area contributed by atoms with Crippen LogP contribution >= 0.6 is 11.3 Å². The number of pyridine rings is 1. The topological polar surface area (TPSA) is 185 Å². The number of hydrogen-bond acceptors (Lipinski definition) is 10. The van der Waals surface area contributed by atoms with Crippen LogP contribution in [-0.2, 0) is 19.6 Å². The number of aliphatic hydroxyl groups is 1. The third-order valence-electron chi connectivity index (χ3n) is 8.49. The Morgan fingerprint density at radius 3 is 2.25 bits per heavy atom. The average molecular weight is 759 g/mol. The van der Waals surface area contributed by atoms with Gasteiger partial charge in [0.25, 0.3) is 5.91 Å². The Balaban J connectivity index is 1.58. The molecule has 17 heteroatoms. The number of hydrogen-bond donors (Lipinski definition) is 4. The summed E-state index contributed by atoms with van der Waals surface area (Å²) in [5, 5.41) is 11.1. The largest absolute Gasteiger partial charge is 0.452 e. The van der Waals surface area contributed by atoms with E-state index in [4.69, 9.17) is 16.2 Å². The molecule has 2 aromatic carbocycles. The molecule has 0 saturated heterocycles. The molecular formula is C35H37F3N6O6S2. The van der Waals surface area contributed by atoms with Crippen LogP contribution in [0.25, 0.3) is 11.0 Å². The predicted octanol–water partition coefficient (Wildman–Crippen LogP) is 5.70. The summed E-state index contributed by atoms with van der Waals surface area (Å²) in [6, 6.07) is 12.7. The first-order valence-corrected chi connectivity index (χ1v) is 18.2. The number of nitrogens with one attached hydrogen (secondary N) is 1. The average Bonchev–Trinajstić information content (AvgIpc) is 3.76. The number of methoxy groups -OCH3 is 1. The van der Waals surface area contributed by atoms with Gasteiger partial charge in [-0.15, -0.1) is 11.3 Å². The lowest BCUT2D eigenvalue weighted by molar-refractivity contribution is -0.186. The van der Waals surface area contributed by atoms with Gasteiger partial charge in [0.05, 0.1) is 30.7 Å². The molecule has 0 fully saturated rings. The number of benzene rings is 2. The highest BCUT2D eigenvalue weighted by atomic mass is 32.2. The molecule has 5 rings (SSSR count). The van der Waals surface area contributed by atoms with Crippen molar-refractivity contribution in [3.8, 4) is 0 Å². The van der Waals surface area contributed by atoms with Gasteiger partial charge < -0.3 is 26.3 Å². The highest BCUT2D eigenvalue weighted by Gasteiger charge is 2.52. The Morgan fingerprint density at radius 1 is 1.00 bits per heavy atom. The zero-order valence-corrected chi connectivity index (χ0v) is 29.8. The predicted molar refractivity (Wildman–Crippen MR) is 190 cm³/mol. The molecule has 0 unspecified atom stereocenters. The maximum atomic E-state index is 15.2. The molecule has 0 aliphatic rings. The van der Waals surface area contributed by atoms with Crippen molar-refractivity contribution in [3.63, 3.8) is 0 Å². The van der Waals surface area contributed by atoms with Crippen molar-refractivity contribution in [2.24, 2.45) is 5.73 Å². The number of aromatic amines is 1. The van der Waals surface area contributed by atoms with Crippen molar-refractivity contribution >= 4 is 50.1 Å². The van der Waals surface area contributed by atoms with Crippen LogP contribution < -0.4 is 11.5 Å². The van der Waals surface area contributed by atoms with Crippen LogP contribution in [0.5, 0.6) is 0 Å². The van der Waals surface area contributed by atoms with Gasteiger partial charge in [-0.1, -0.05) is 30.3 Å². The zero-order chi connectivity index (χ0) is 38.0. The monoisotopic (exact) mass is 758 g/mol. The molecule has 0 radical (unpaired) electrons. The fraction of sp³-hybridized carbons (Fsp3) is 0.286. The van der Waals surface area contributed by atoms with Crippen LogP contribution in [0.4, 0.5) is 23.7 Å². The van der Waals surface area contributed by atoms with E-state index in [0.29, 0.717) is 39.2 Å². The number of amides is 2. The number of halogens is 3. The molecule has 0 aliphatic heterocycles. The van der Waals surface area contributed by atoms with Crippen molar-refractivity contribution in [3.05, 3.63) is 112 Å². The summed E-state index contributed by atoms with van der Waals surface area (Å²) in [7, 11) is -3.47. The number of carbonyl (C=O) groups excluding carboxylic acids is 2. The molecule has 276 valence electrons. The lowest BCUT2D eigenvalue weighted by Crippen LogP contribution is -2.53. The highest BCUT2D eigenvalue weighted by Crippen LogP contribution is 2.44. The van der Waals surface area contributed by atoms with E-state index >= 15 is 13.2 Å². The smallest absolute Gasteiger partial charge is 0.417 e. The number of carbonyl (C=O) groups is 2. The highest BCUT2D eigenvalue weighted by molar-refractivity contribution is 7.89. The lowest BCUT2D eigenvalue weighted by atomic mass is 9.84. The number of fused-ring (bicyclic) bond motifs is 1. The number of nitrogens with zero attached hydrogens (tertiary/aromatic N) is 3. The number of alkyl halides is 3. The van der Waals surface area contributed by atoms with Crippen LogP contribution in [0.15, 0.2) is 96.2 Å². The number of thiophene rings is 1. The number of sulfonamides is 1. The van der Waals surface area contributed by atoms with E-state index in [0.717, 1.165) is 17.5 Å². The minimum Gasteiger partial charge on any atom is -0.452 e. The van der Waals surface area contributed by atoms with Gasteiger partial charge in [0.15, 0.2) is 6.04 Å². The molecule has 6 N–H and O–H groups in total. The minimum absolute atomic E-state index is 0.0227. The van der Waals surface area contributed by atoms with Crippen molar-refractivity contribution < 1.29 is 41.0 Å². The first kappa shape index (κ1) is 38.4. The number of imide groups is 1.